The summed E-state index contributed by atoms with van der Waals surface area (Å²) in [4.78, 5) is 0. The molecule has 0 aliphatic carbocycles. The Morgan fingerprint density at radius 3 is 2.92 bits per heavy atom. The summed E-state index contributed by atoms with van der Waals surface area (Å²) in [5.41, 5.74) is -0.970. The van der Waals surface area contributed by atoms with Gasteiger partial charge in [0.05, 0.1) is 23.4 Å². The minimum absolute atomic E-state index is 0.213. The summed E-state index contributed by atoms with van der Waals surface area (Å²) in [5, 5.41) is 10.3. The zero-order valence-corrected chi connectivity index (χ0v) is 8.87. The Labute approximate surface area is 84.8 Å². The van der Waals surface area contributed by atoms with Gasteiger partial charge in [0.15, 0.2) is 11.4 Å². The molecule has 1 fully saturated rings. The molecule has 3 nitrogen and oxygen atoms in total. The average molecular weight is 247 g/mol. The predicted octanol–water partition coefficient (Wildman–Crippen LogP) is 2.04. The largest absolute Gasteiger partial charge is 0.465 e. The van der Waals surface area contributed by atoms with Crippen LogP contribution in [-0.4, -0.2) is 17.8 Å². The van der Waals surface area contributed by atoms with Crippen LogP contribution < -0.4 is 0 Å². The molecule has 0 bridgehead atoms. The molecule has 2 heterocycles. The molecule has 2 rings (SSSR count). The fourth-order valence-corrected chi connectivity index (χ4v) is 2.18. The monoisotopic (exact) mass is 246 g/mol. The highest BCUT2D eigenvalue weighted by molar-refractivity contribution is 9.10. The van der Waals surface area contributed by atoms with Gasteiger partial charge in [-0.15, -0.1) is 0 Å². The third kappa shape index (κ3) is 1.33. The van der Waals surface area contributed by atoms with Gasteiger partial charge in [0, 0.05) is 6.42 Å². The van der Waals surface area contributed by atoms with Crippen LogP contribution in [0.3, 0.4) is 0 Å². The second kappa shape index (κ2) is 3.12. The van der Waals surface area contributed by atoms with Gasteiger partial charge in [0.2, 0.25) is 0 Å². The molecule has 2 unspecified atom stereocenters. The van der Waals surface area contributed by atoms with Crippen LogP contribution in [0, 0.1) is 0 Å². The van der Waals surface area contributed by atoms with Crippen molar-refractivity contribution in [3.63, 3.8) is 0 Å². The summed E-state index contributed by atoms with van der Waals surface area (Å²) >= 11 is 3.33. The van der Waals surface area contributed by atoms with Crippen LogP contribution in [-0.2, 0) is 10.3 Å². The number of furan rings is 1. The Hall–Kier alpha value is -0.320. The van der Waals surface area contributed by atoms with Gasteiger partial charge >= 0.3 is 0 Å². The minimum atomic E-state index is -0.970. The fourth-order valence-electron chi connectivity index (χ4n) is 1.63. The first-order chi connectivity index (χ1) is 6.14. The molecule has 0 radical (unpaired) electrons. The van der Waals surface area contributed by atoms with Crippen molar-refractivity contribution < 1.29 is 14.3 Å². The Balaban J connectivity index is 2.39. The summed E-state index contributed by atoms with van der Waals surface area (Å²) in [6, 6.07) is 1.78. The van der Waals surface area contributed by atoms with Crippen LogP contribution in [0.4, 0.5) is 0 Å². The molecule has 72 valence electrons. The first-order valence-corrected chi connectivity index (χ1v) is 5.01. The second-order valence-corrected chi connectivity index (χ2v) is 4.14. The molecule has 1 saturated heterocycles. The molecule has 1 N–H and O–H groups in total. The van der Waals surface area contributed by atoms with Crippen LogP contribution in [0.5, 0.6) is 0 Å². The zero-order chi connectivity index (χ0) is 9.47. The van der Waals surface area contributed by atoms with Gasteiger partial charge in [-0.05, 0) is 28.9 Å². The number of halogens is 1. The van der Waals surface area contributed by atoms with Crippen LogP contribution in [0.1, 0.15) is 19.1 Å². The van der Waals surface area contributed by atoms with Gasteiger partial charge in [0.1, 0.15) is 0 Å². The van der Waals surface area contributed by atoms with Crippen molar-refractivity contribution in [3.05, 3.63) is 22.6 Å². The lowest BCUT2D eigenvalue weighted by molar-refractivity contribution is -0.0467. The van der Waals surface area contributed by atoms with Crippen molar-refractivity contribution in [2.45, 2.75) is 25.0 Å². The van der Waals surface area contributed by atoms with E-state index in [0.717, 1.165) is 4.47 Å². The third-order valence-electron chi connectivity index (χ3n) is 2.53. The van der Waals surface area contributed by atoms with Crippen LogP contribution in [0.2, 0.25) is 0 Å². The number of aliphatic hydroxyl groups is 1. The SMILES string of the molecule is CC1OCCC1(O)c1occc1Br. The minimum Gasteiger partial charge on any atom is -0.465 e. The summed E-state index contributed by atoms with van der Waals surface area (Å²) < 4.78 is 11.4. The molecule has 1 aromatic heterocycles. The Morgan fingerprint density at radius 1 is 1.69 bits per heavy atom. The van der Waals surface area contributed by atoms with E-state index in [2.05, 4.69) is 15.9 Å². The number of rotatable bonds is 1. The highest BCUT2D eigenvalue weighted by atomic mass is 79.9. The maximum atomic E-state index is 10.3. The summed E-state index contributed by atoms with van der Waals surface area (Å²) in [6.45, 7) is 2.42. The topological polar surface area (TPSA) is 42.6 Å². The molecular formula is C9H11BrO3. The molecule has 4 heteroatoms. The van der Waals surface area contributed by atoms with E-state index in [0.29, 0.717) is 18.8 Å². The summed E-state index contributed by atoms with van der Waals surface area (Å²) in [5.74, 6) is 0.567. The van der Waals surface area contributed by atoms with E-state index in [1.54, 1.807) is 12.3 Å². The molecule has 0 spiro atoms. The van der Waals surface area contributed by atoms with Crippen molar-refractivity contribution in [2.75, 3.05) is 6.61 Å². The van der Waals surface area contributed by atoms with Crippen molar-refractivity contribution in [2.24, 2.45) is 0 Å². The lowest BCUT2D eigenvalue weighted by Crippen LogP contribution is -2.32. The quantitative estimate of drug-likeness (QED) is 0.825. The Bertz CT molecular complexity index is 310. The van der Waals surface area contributed by atoms with E-state index in [1.807, 2.05) is 6.92 Å². The molecular weight excluding hydrogens is 236 g/mol. The normalized spacial score (nSPS) is 33.9. The highest BCUT2D eigenvalue weighted by Crippen LogP contribution is 2.39. The highest BCUT2D eigenvalue weighted by Gasteiger charge is 2.44. The van der Waals surface area contributed by atoms with Gasteiger partial charge < -0.3 is 14.3 Å². The Kier molecular flexibility index (Phi) is 2.21. The van der Waals surface area contributed by atoms with Crippen LogP contribution in [0.25, 0.3) is 0 Å². The maximum Gasteiger partial charge on any atom is 0.152 e. The maximum absolute atomic E-state index is 10.3. The molecule has 2 atom stereocenters. The van der Waals surface area contributed by atoms with Crippen LogP contribution in [0.15, 0.2) is 21.2 Å². The standard InChI is InChI=1S/C9H11BrO3/c1-6-9(11,3-5-12-6)8-7(10)2-4-13-8/h2,4,6,11H,3,5H2,1H3. The average Bonchev–Trinajstić information content (AvgIpc) is 2.62. The lowest BCUT2D eigenvalue weighted by atomic mass is 9.94. The van der Waals surface area contributed by atoms with Crippen LogP contribution >= 0.6 is 15.9 Å². The van der Waals surface area contributed by atoms with E-state index >= 15 is 0 Å². The van der Waals surface area contributed by atoms with E-state index < -0.39 is 5.60 Å². The molecule has 0 amide bonds. The molecule has 1 aliphatic heterocycles. The van der Waals surface area contributed by atoms with Gasteiger partial charge in [-0.2, -0.15) is 0 Å². The van der Waals surface area contributed by atoms with E-state index in [1.165, 1.54) is 0 Å². The van der Waals surface area contributed by atoms with E-state index in [4.69, 9.17) is 9.15 Å². The van der Waals surface area contributed by atoms with Crippen molar-refractivity contribution in [1.82, 2.24) is 0 Å². The van der Waals surface area contributed by atoms with Crippen molar-refractivity contribution >= 4 is 15.9 Å². The van der Waals surface area contributed by atoms with Gasteiger partial charge in [-0.3, -0.25) is 0 Å². The van der Waals surface area contributed by atoms with Crippen molar-refractivity contribution in [1.29, 1.82) is 0 Å². The number of ether oxygens (including phenoxy) is 1. The molecule has 1 aromatic rings. The van der Waals surface area contributed by atoms with E-state index in [-0.39, 0.29) is 6.10 Å². The van der Waals surface area contributed by atoms with E-state index in [9.17, 15) is 5.11 Å². The number of hydrogen-bond donors (Lipinski definition) is 1. The zero-order valence-electron chi connectivity index (χ0n) is 7.29. The third-order valence-corrected chi connectivity index (χ3v) is 3.16. The molecule has 13 heavy (non-hydrogen) atoms. The Morgan fingerprint density at radius 2 is 2.46 bits per heavy atom. The van der Waals surface area contributed by atoms with Gasteiger partial charge in [0.25, 0.3) is 0 Å². The molecule has 0 aromatic carbocycles. The summed E-state index contributed by atoms with van der Waals surface area (Å²) in [7, 11) is 0. The van der Waals surface area contributed by atoms with Gasteiger partial charge in [-0.1, -0.05) is 0 Å². The summed E-state index contributed by atoms with van der Waals surface area (Å²) in [6.07, 6.45) is 1.93. The molecule has 0 saturated carbocycles. The fraction of sp³-hybridized carbons (Fsp3) is 0.556. The lowest BCUT2D eigenvalue weighted by Gasteiger charge is -2.23. The first-order valence-electron chi connectivity index (χ1n) is 4.22. The molecule has 1 aliphatic rings. The predicted molar refractivity (Wildman–Crippen MR) is 50.3 cm³/mol. The first kappa shape index (κ1) is 9.24. The number of hydrogen-bond acceptors (Lipinski definition) is 3. The van der Waals surface area contributed by atoms with Crippen molar-refractivity contribution in [3.8, 4) is 0 Å². The second-order valence-electron chi connectivity index (χ2n) is 3.28. The smallest absolute Gasteiger partial charge is 0.152 e. The van der Waals surface area contributed by atoms with Gasteiger partial charge in [-0.25, -0.2) is 0 Å².